The van der Waals surface area contributed by atoms with E-state index in [1.54, 1.807) is 11.3 Å². The van der Waals surface area contributed by atoms with Gasteiger partial charge in [-0.15, -0.1) is 11.3 Å². The molecule has 3 heteroatoms. The van der Waals surface area contributed by atoms with E-state index in [2.05, 4.69) is 35.8 Å². The van der Waals surface area contributed by atoms with Crippen molar-refractivity contribution in [3.8, 4) is 0 Å². The lowest BCUT2D eigenvalue weighted by Crippen LogP contribution is -2.29. The topological polar surface area (TPSA) is 20.2 Å². The summed E-state index contributed by atoms with van der Waals surface area (Å²) in [6.45, 7) is 5.93. The molecule has 0 radical (unpaired) electrons. The highest BCUT2D eigenvalue weighted by atomic mass is 79.9. The maximum absolute atomic E-state index is 9.53. The number of hydrogen-bond donors (Lipinski definition) is 1. The Morgan fingerprint density at radius 1 is 1.50 bits per heavy atom. The SMILES string of the molecule is CC(O)C(C)(C)c1ccc(Br)s1. The zero-order chi connectivity index (χ0) is 9.35. The van der Waals surface area contributed by atoms with Crippen LogP contribution in [0.1, 0.15) is 25.6 Å². The molecule has 0 amide bonds. The van der Waals surface area contributed by atoms with Gasteiger partial charge in [0.1, 0.15) is 0 Å². The van der Waals surface area contributed by atoms with Gasteiger partial charge in [0, 0.05) is 10.3 Å². The summed E-state index contributed by atoms with van der Waals surface area (Å²) < 4.78 is 1.12. The quantitative estimate of drug-likeness (QED) is 0.853. The van der Waals surface area contributed by atoms with Crippen LogP contribution in [-0.2, 0) is 5.41 Å². The molecule has 1 aromatic rings. The van der Waals surface area contributed by atoms with Gasteiger partial charge in [-0.05, 0) is 35.0 Å². The molecular formula is C9H13BrOS. The molecule has 1 nitrogen and oxygen atoms in total. The van der Waals surface area contributed by atoms with Gasteiger partial charge in [-0.2, -0.15) is 0 Å². The van der Waals surface area contributed by atoms with Crippen LogP contribution >= 0.6 is 27.3 Å². The standard InChI is InChI=1S/C9H13BrOS/c1-6(11)9(2,3)7-4-5-8(10)12-7/h4-6,11H,1-3H3. The fourth-order valence-corrected chi connectivity index (χ4v) is 2.44. The molecule has 0 saturated carbocycles. The van der Waals surface area contributed by atoms with Crippen molar-refractivity contribution in [2.45, 2.75) is 32.3 Å². The molecule has 1 heterocycles. The van der Waals surface area contributed by atoms with Crippen molar-refractivity contribution in [2.75, 3.05) is 0 Å². The van der Waals surface area contributed by atoms with Gasteiger partial charge in [0.2, 0.25) is 0 Å². The average Bonchev–Trinajstić information content (AvgIpc) is 2.35. The monoisotopic (exact) mass is 248 g/mol. The number of aliphatic hydroxyl groups excluding tert-OH is 1. The van der Waals surface area contributed by atoms with Gasteiger partial charge in [-0.25, -0.2) is 0 Å². The molecule has 1 atom stereocenters. The molecule has 1 rings (SSSR count). The second-order valence-corrected chi connectivity index (χ2v) is 5.96. The summed E-state index contributed by atoms with van der Waals surface area (Å²) in [6.07, 6.45) is -0.317. The van der Waals surface area contributed by atoms with E-state index in [-0.39, 0.29) is 11.5 Å². The van der Waals surface area contributed by atoms with Crippen molar-refractivity contribution >= 4 is 27.3 Å². The molecule has 68 valence electrons. The van der Waals surface area contributed by atoms with Crippen molar-refractivity contribution in [3.05, 3.63) is 20.8 Å². The van der Waals surface area contributed by atoms with Gasteiger partial charge in [-0.3, -0.25) is 0 Å². The highest BCUT2D eigenvalue weighted by molar-refractivity contribution is 9.11. The van der Waals surface area contributed by atoms with Crippen molar-refractivity contribution in [2.24, 2.45) is 0 Å². The Kier molecular flexibility index (Phi) is 2.97. The van der Waals surface area contributed by atoms with Gasteiger partial charge >= 0.3 is 0 Å². The highest BCUT2D eigenvalue weighted by Gasteiger charge is 2.27. The van der Waals surface area contributed by atoms with Crippen LogP contribution < -0.4 is 0 Å². The van der Waals surface area contributed by atoms with Gasteiger partial charge in [0.25, 0.3) is 0 Å². The Balaban J connectivity index is 2.97. The smallest absolute Gasteiger partial charge is 0.0701 e. The Bertz CT molecular complexity index is 265. The Hall–Kier alpha value is 0.140. The van der Waals surface area contributed by atoms with E-state index in [1.807, 2.05) is 13.0 Å². The normalized spacial score (nSPS) is 14.8. The Morgan fingerprint density at radius 3 is 2.42 bits per heavy atom. The lowest BCUT2D eigenvalue weighted by molar-refractivity contribution is 0.120. The van der Waals surface area contributed by atoms with Crippen LogP contribution in [0.25, 0.3) is 0 Å². The van der Waals surface area contributed by atoms with Crippen LogP contribution in [-0.4, -0.2) is 11.2 Å². The Morgan fingerprint density at radius 2 is 2.08 bits per heavy atom. The predicted octanol–water partition coefficient (Wildman–Crippen LogP) is 3.17. The molecule has 0 aliphatic heterocycles. The van der Waals surface area contributed by atoms with E-state index in [1.165, 1.54) is 4.88 Å². The van der Waals surface area contributed by atoms with Crippen molar-refractivity contribution in [1.82, 2.24) is 0 Å². The fraction of sp³-hybridized carbons (Fsp3) is 0.556. The third-order valence-electron chi connectivity index (χ3n) is 2.25. The van der Waals surface area contributed by atoms with E-state index >= 15 is 0 Å². The summed E-state index contributed by atoms with van der Waals surface area (Å²) in [6, 6.07) is 4.07. The van der Waals surface area contributed by atoms with Gasteiger partial charge in [0.05, 0.1) is 9.89 Å². The van der Waals surface area contributed by atoms with Crippen LogP contribution in [0.5, 0.6) is 0 Å². The molecule has 0 aliphatic rings. The first-order valence-corrected chi connectivity index (χ1v) is 5.49. The van der Waals surface area contributed by atoms with E-state index in [0.717, 1.165) is 3.79 Å². The lowest BCUT2D eigenvalue weighted by atomic mass is 9.86. The maximum Gasteiger partial charge on any atom is 0.0701 e. The van der Waals surface area contributed by atoms with Crippen molar-refractivity contribution < 1.29 is 5.11 Å². The van der Waals surface area contributed by atoms with E-state index in [4.69, 9.17) is 0 Å². The molecular weight excluding hydrogens is 236 g/mol. The summed E-state index contributed by atoms with van der Waals surface area (Å²) in [4.78, 5) is 1.21. The average molecular weight is 249 g/mol. The minimum atomic E-state index is -0.317. The first-order chi connectivity index (χ1) is 5.44. The molecule has 0 aromatic carbocycles. The summed E-state index contributed by atoms with van der Waals surface area (Å²) in [5.41, 5.74) is -0.142. The largest absolute Gasteiger partial charge is 0.392 e. The van der Waals surface area contributed by atoms with Gasteiger partial charge in [0.15, 0.2) is 0 Å². The molecule has 0 spiro atoms. The molecule has 0 bridgehead atoms. The Labute approximate surface area is 85.6 Å². The van der Waals surface area contributed by atoms with Gasteiger partial charge < -0.3 is 5.11 Å². The zero-order valence-corrected chi connectivity index (χ0v) is 9.87. The third kappa shape index (κ3) is 1.90. The van der Waals surface area contributed by atoms with E-state index in [0.29, 0.717) is 0 Å². The van der Waals surface area contributed by atoms with Crippen molar-refractivity contribution in [1.29, 1.82) is 0 Å². The molecule has 1 unspecified atom stereocenters. The molecule has 1 N–H and O–H groups in total. The first-order valence-electron chi connectivity index (χ1n) is 3.88. The molecule has 0 aliphatic carbocycles. The molecule has 12 heavy (non-hydrogen) atoms. The maximum atomic E-state index is 9.53. The number of halogens is 1. The van der Waals surface area contributed by atoms with Crippen LogP contribution in [0.3, 0.4) is 0 Å². The van der Waals surface area contributed by atoms with Crippen LogP contribution in [0, 0.1) is 0 Å². The summed E-state index contributed by atoms with van der Waals surface area (Å²) in [7, 11) is 0. The third-order valence-corrected chi connectivity index (χ3v) is 4.22. The second-order valence-electron chi connectivity index (χ2n) is 3.50. The van der Waals surface area contributed by atoms with Crippen LogP contribution in [0.4, 0.5) is 0 Å². The molecule has 0 fully saturated rings. The van der Waals surface area contributed by atoms with Gasteiger partial charge in [-0.1, -0.05) is 13.8 Å². The number of thiophene rings is 1. The summed E-state index contributed by atoms with van der Waals surface area (Å²) in [5.74, 6) is 0. The van der Waals surface area contributed by atoms with Crippen LogP contribution in [0.15, 0.2) is 15.9 Å². The van der Waals surface area contributed by atoms with Crippen LogP contribution in [0.2, 0.25) is 0 Å². The minimum Gasteiger partial charge on any atom is -0.392 e. The van der Waals surface area contributed by atoms with E-state index < -0.39 is 0 Å². The number of aliphatic hydroxyl groups is 1. The molecule has 1 aromatic heterocycles. The second kappa shape index (κ2) is 3.48. The highest BCUT2D eigenvalue weighted by Crippen LogP contribution is 2.34. The fourth-order valence-electron chi connectivity index (χ4n) is 0.866. The number of hydrogen-bond acceptors (Lipinski definition) is 2. The number of rotatable bonds is 2. The zero-order valence-electron chi connectivity index (χ0n) is 7.47. The summed E-state index contributed by atoms with van der Waals surface area (Å²) >= 11 is 5.09. The van der Waals surface area contributed by atoms with Crippen molar-refractivity contribution in [3.63, 3.8) is 0 Å². The first kappa shape index (κ1) is 10.2. The summed E-state index contributed by atoms with van der Waals surface area (Å²) in [5, 5.41) is 9.53. The minimum absolute atomic E-state index is 0.142. The van der Waals surface area contributed by atoms with E-state index in [9.17, 15) is 5.11 Å². The predicted molar refractivity (Wildman–Crippen MR) is 56.7 cm³/mol. The molecule has 0 saturated heterocycles. The lowest BCUT2D eigenvalue weighted by Gasteiger charge is -2.26.